The zero-order chi connectivity index (χ0) is 20.3. The van der Waals surface area contributed by atoms with Crippen molar-refractivity contribution in [3.63, 3.8) is 0 Å². The molecule has 156 valence electrons. The van der Waals surface area contributed by atoms with E-state index in [1.807, 2.05) is 0 Å². The molecule has 4 bridgehead atoms. The smallest absolute Gasteiger partial charge is 0.267 e. The zero-order valence-corrected chi connectivity index (χ0v) is 17.9. The number of hydrogen-bond acceptors (Lipinski definition) is 4. The first-order valence-electron chi connectivity index (χ1n) is 11.1. The summed E-state index contributed by atoms with van der Waals surface area (Å²) in [5.41, 5.74) is 1.89. The molecule has 5 aliphatic rings. The van der Waals surface area contributed by atoms with Gasteiger partial charge in [-0.15, -0.1) is 0 Å². The van der Waals surface area contributed by atoms with Crippen molar-refractivity contribution >= 4 is 17.7 Å². The Morgan fingerprint density at radius 3 is 2.70 bits per heavy atom. The number of hydrogen-bond donors (Lipinski definition) is 1. The van der Waals surface area contributed by atoms with Crippen molar-refractivity contribution in [3.8, 4) is 0 Å². The summed E-state index contributed by atoms with van der Waals surface area (Å²) in [5, 5.41) is 3.88. The lowest BCUT2D eigenvalue weighted by molar-refractivity contribution is -0.0697. The van der Waals surface area contributed by atoms with E-state index in [1.165, 1.54) is 43.9 Å². The highest BCUT2D eigenvalue weighted by Gasteiger charge is 2.58. The average Bonchev–Trinajstić information content (AvgIpc) is 3.22. The number of nitrogens with zero attached hydrogens (tertiary/aromatic N) is 2. The summed E-state index contributed by atoms with van der Waals surface area (Å²) in [6, 6.07) is 11.0. The molecule has 2 heterocycles. The molecular formula is C24H27N3O2S. The zero-order valence-electron chi connectivity index (χ0n) is 17.1. The van der Waals surface area contributed by atoms with Crippen LogP contribution >= 0.6 is 11.8 Å². The van der Waals surface area contributed by atoms with E-state index in [2.05, 4.69) is 40.6 Å². The molecule has 1 aromatic heterocycles. The number of carbonyl (C=O) groups is 1. The van der Waals surface area contributed by atoms with E-state index in [9.17, 15) is 9.59 Å². The number of benzene rings is 1. The average molecular weight is 422 g/mol. The second-order valence-electron chi connectivity index (χ2n) is 10.0. The molecule has 1 amide bonds. The quantitative estimate of drug-likeness (QED) is 0.766. The van der Waals surface area contributed by atoms with E-state index in [0.29, 0.717) is 13.1 Å². The Morgan fingerprint density at radius 2 is 1.93 bits per heavy atom. The normalized spacial score (nSPS) is 33.5. The predicted octanol–water partition coefficient (Wildman–Crippen LogP) is 3.62. The van der Waals surface area contributed by atoms with Gasteiger partial charge in [-0.2, -0.15) is 0 Å². The van der Waals surface area contributed by atoms with E-state index >= 15 is 0 Å². The standard InChI is InChI=1S/C24H27N3O2S/c28-20(19-13-25-22-27(21(19)29)6-7-30-22)26-15-23-9-16-8-17(10-23)12-24(11-16,14-23)18-4-2-1-3-5-18/h1-5,13,16-17H,6-12,14-15H2,(H,26,28)/t16-,17+,23?,24?. The maximum absolute atomic E-state index is 12.9. The minimum absolute atomic E-state index is 0.159. The van der Waals surface area contributed by atoms with Gasteiger partial charge < -0.3 is 5.32 Å². The van der Waals surface area contributed by atoms with Crippen molar-refractivity contribution in [1.82, 2.24) is 14.9 Å². The fraction of sp³-hybridized carbons (Fsp3) is 0.542. The molecule has 1 aromatic carbocycles. The molecule has 4 saturated carbocycles. The summed E-state index contributed by atoms with van der Waals surface area (Å²) < 4.78 is 1.63. The third-order valence-electron chi connectivity index (χ3n) is 7.99. The van der Waals surface area contributed by atoms with Crippen LogP contribution in [0.5, 0.6) is 0 Å². The number of thioether (sulfide) groups is 1. The maximum atomic E-state index is 12.9. The SMILES string of the molecule is O=C(NCC12C[C@H]3C[C@@H](C1)CC(c1ccccc1)(C3)C2)c1cnc2n(c1=O)CCS2. The molecule has 2 aromatic rings. The van der Waals surface area contributed by atoms with Gasteiger partial charge in [0.25, 0.3) is 11.5 Å². The molecule has 2 unspecified atom stereocenters. The fourth-order valence-electron chi connectivity index (χ4n) is 7.32. The van der Waals surface area contributed by atoms with Crippen molar-refractivity contribution in [1.29, 1.82) is 0 Å². The maximum Gasteiger partial charge on any atom is 0.267 e. The molecule has 4 aliphatic carbocycles. The monoisotopic (exact) mass is 421 g/mol. The topological polar surface area (TPSA) is 64.0 Å². The van der Waals surface area contributed by atoms with Gasteiger partial charge in [0.1, 0.15) is 5.56 Å². The van der Waals surface area contributed by atoms with Gasteiger partial charge in [-0.25, -0.2) is 4.98 Å². The molecule has 5 nitrogen and oxygen atoms in total. The molecule has 30 heavy (non-hydrogen) atoms. The van der Waals surface area contributed by atoms with E-state index in [0.717, 1.165) is 29.2 Å². The summed E-state index contributed by atoms with van der Waals surface area (Å²) in [6.07, 6.45) is 8.95. The van der Waals surface area contributed by atoms with Crippen LogP contribution in [0.3, 0.4) is 0 Å². The van der Waals surface area contributed by atoms with E-state index in [-0.39, 0.29) is 27.9 Å². The molecule has 0 radical (unpaired) electrons. The first kappa shape index (κ1) is 18.7. The van der Waals surface area contributed by atoms with Crippen LogP contribution in [0.2, 0.25) is 0 Å². The van der Waals surface area contributed by atoms with Crippen molar-refractivity contribution in [2.45, 2.75) is 55.6 Å². The number of amides is 1. The van der Waals surface area contributed by atoms with Gasteiger partial charge in [0.2, 0.25) is 0 Å². The van der Waals surface area contributed by atoms with Crippen molar-refractivity contribution in [2.75, 3.05) is 12.3 Å². The lowest BCUT2D eigenvalue weighted by Crippen LogP contribution is -2.57. The van der Waals surface area contributed by atoms with Gasteiger partial charge in [-0.3, -0.25) is 14.2 Å². The summed E-state index contributed by atoms with van der Waals surface area (Å²) >= 11 is 1.57. The highest BCUT2D eigenvalue weighted by atomic mass is 32.2. The Morgan fingerprint density at radius 1 is 1.17 bits per heavy atom. The lowest BCUT2D eigenvalue weighted by atomic mass is 9.43. The predicted molar refractivity (Wildman–Crippen MR) is 117 cm³/mol. The Kier molecular flexibility index (Phi) is 4.18. The minimum atomic E-state index is -0.260. The number of nitrogens with one attached hydrogen (secondary N) is 1. The third kappa shape index (κ3) is 2.87. The number of carbonyl (C=O) groups excluding carboxylic acids is 1. The second kappa shape index (κ2) is 6.71. The molecular weight excluding hydrogens is 394 g/mol. The molecule has 4 fully saturated rings. The van der Waals surface area contributed by atoms with E-state index in [4.69, 9.17) is 0 Å². The van der Waals surface area contributed by atoms with Gasteiger partial charge in [-0.05, 0) is 66.8 Å². The van der Waals surface area contributed by atoms with Gasteiger partial charge in [-0.1, -0.05) is 42.1 Å². The Hall–Kier alpha value is -2.08. The van der Waals surface area contributed by atoms with Crippen LogP contribution in [0.15, 0.2) is 46.5 Å². The molecule has 1 aliphatic heterocycles. The van der Waals surface area contributed by atoms with Gasteiger partial charge in [0.15, 0.2) is 5.16 Å². The molecule has 6 heteroatoms. The molecule has 4 atom stereocenters. The van der Waals surface area contributed by atoms with Crippen LogP contribution in [-0.2, 0) is 12.0 Å². The largest absolute Gasteiger partial charge is 0.351 e. The van der Waals surface area contributed by atoms with Gasteiger partial charge >= 0.3 is 0 Å². The van der Waals surface area contributed by atoms with Gasteiger partial charge in [0.05, 0.1) is 0 Å². The summed E-state index contributed by atoms with van der Waals surface area (Å²) in [6.45, 7) is 1.31. The summed E-state index contributed by atoms with van der Waals surface area (Å²) in [5.74, 6) is 2.10. The Labute approximate surface area is 180 Å². The molecule has 0 spiro atoms. The van der Waals surface area contributed by atoms with Gasteiger partial charge in [0, 0.05) is 25.0 Å². The lowest BCUT2D eigenvalue weighted by Gasteiger charge is -2.62. The molecule has 7 rings (SSSR count). The van der Waals surface area contributed by atoms with Crippen LogP contribution in [0, 0.1) is 17.3 Å². The Balaban J connectivity index is 1.24. The van der Waals surface area contributed by atoms with E-state index in [1.54, 1.807) is 16.3 Å². The molecule has 1 N–H and O–H groups in total. The van der Waals surface area contributed by atoms with Crippen LogP contribution in [-0.4, -0.2) is 27.8 Å². The van der Waals surface area contributed by atoms with Crippen molar-refractivity contribution in [3.05, 3.63) is 58.0 Å². The third-order valence-corrected chi connectivity index (χ3v) is 8.96. The van der Waals surface area contributed by atoms with Crippen LogP contribution in [0.4, 0.5) is 0 Å². The number of fused-ring (bicyclic) bond motifs is 1. The van der Waals surface area contributed by atoms with Crippen LogP contribution < -0.4 is 10.9 Å². The van der Waals surface area contributed by atoms with Crippen LogP contribution in [0.1, 0.15) is 54.4 Å². The summed E-state index contributed by atoms with van der Waals surface area (Å²) in [4.78, 5) is 30.0. The first-order chi connectivity index (χ1) is 14.6. The van der Waals surface area contributed by atoms with Crippen molar-refractivity contribution in [2.24, 2.45) is 17.3 Å². The fourth-order valence-corrected chi connectivity index (χ4v) is 8.24. The highest BCUT2D eigenvalue weighted by Crippen LogP contribution is 2.65. The number of rotatable bonds is 4. The summed E-state index contributed by atoms with van der Waals surface area (Å²) in [7, 11) is 0. The number of aromatic nitrogens is 2. The Bertz CT molecular complexity index is 1050. The second-order valence-corrected chi connectivity index (χ2v) is 11.1. The van der Waals surface area contributed by atoms with Crippen molar-refractivity contribution < 1.29 is 4.79 Å². The highest BCUT2D eigenvalue weighted by molar-refractivity contribution is 7.99. The minimum Gasteiger partial charge on any atom is -0.351 e. The van der Waals surface area contributed by atoms with Crippen LogP contribution in [0.25, 0.3) is 0 Å². The molecule has 0 saturated heterocycles. The van der Waals surface area contributed by atoms with E-state index < -0.39 is 0 Å². The first-order valence-corrected chi connectivity index (χ1v) is 12.1.